The van der Waals surface area contributed by atoms with Crippen LogP contribution in [-0.2, 0) is 9.59 Å². The van der Waals surface area contributed by atoms with E-state index in [1.54, 1.807) is 25.1 Å². The fraction of sp³-hybridized carbons (Fsp3) is 0.308. The van der Waals surface area contributed by atoms with E-state index in [2.05, 4.69) is 0 Å². The Labute approximate surface area is 113 Å². The maximum Gasteiger partial charge on any atom is 0.106 e. The second kappa shape index (κ2) is 21.3. The average Bonchev–Trinajstić information content (AvgIpc) is 2.44. The van der Waals surface area contributed by atoms with Gasteiger partial charge >= 0.3 is 0 Å². The van der Waals surface area contributed by atoms with Gasteiger partial charge in [0.2, 0.25) is 0 Å². The lowest BCUT2D eigenvalue weighted by molar-refractivity contribution is -0.453. The maximum atomic E-state index is 10.3. The minimum Gasteiger partial charge on any atom is -0.855 e. The average molecular weight is 271 g/mol. The van der Waals surface area contributed by atoms with Crippen LogP contribution in [0.2, 0.25) is 0 Å². The van der Waals surface area contributed by atoms with Crippen molar-refractivity contribution in [2.75, 3.05) is 13.2 Å². The molecule has 1 rings (SSSR count). The minimum atomic E-state index is -1.11. The molecule has 0 saturated carbocycles. The number of aryl methyl sites for hydroxylation is 1. The quantitative estimate of drug-likeness (QED) is 0.634. The first-order valence-corrected chi connectivity index (χ1v) is 4.64. The predicted octanol–water partition coefficient (Wildman–Crippen LogP) is -1.67. The van der Waals surface area contributed by atoms with Crippen LogP contribution in [0.1, 0.15) is 23.3 Å². The van der Waals surface area contributed by atoms with Gasteiger partial charge in [-0.15, -0.1) is 0 Å². The summed E-state index contributed by atoms with van der Waals surface area (Å²) in [5, 5.41) is 28.3. The standard InChI is InChI=1S/C8H8O2.C2H4O2.2CH2O.CH4/c1-6-4-2-3-5-7(6)8(9)10;3-1-2-4;2*1-2;/h2-5H,1H3,(H,9,10);1-2H2;2*1H2;1H4/q;-2;;;/p-1. The number of benzene rings is 1. The maximum absolute atomic E-state index is 10.3. The first-order chi connectivity index (χ1) is 8.63. The fourth-order valence-electron chi connectivity index (χ4n) is 0.802. The van der Waals surface area contributed by atoms with Crippen LogP contribution in [0, 0.1) is 6.92 Å². The van der Waals surface area contributed by atoms with Crippen molar-refractivity contribution in [3.63, 3.8) is 0 Å². The second-order valence-corrected chi connectivity index (χ2v) is 2.51. The lowest BCUT2D eigenvalue weighted by Crippen LogP contribution is -2.23. The number of rotatable bonds is 2. The van der Waals surface area contributed by atoms with Crippen LogP contribution in [0.5, 0.6) is 0 Å². The molecule has 0 fully saturated rings. The smallest absolute Gasteiger partial charge is 0.106 e. The van der Waals surface area contributed by atoms with Crippen molar-refractivity contribution in [3.8, 4) is 0 Å². The normalized spacial score (nSPS) is 6.89. The zero-order valence-corrected chi connectivity index (χ0v) is 10.1. The molecule has 6 nitrogen and oxygen atoms in total. The molecule has 1 aromatic carbocycles. The summed E-state index contributed by atoms with van der Waals surface area (Å²) < 4.78 is 0. The van der Waals surface area contributed by atoms with Gasteiger partial charge in [0, 0.05) is 5.56 Å². The van der Waals surface area contributed by atoms with E-state index in [-0.39, 0.29) is 13.0 Å². The van der Waals surface area contributed by atoms with E-state index < -0.39 is 19.2 Å². The van der Waals surface area contributed by atoms with Crippen molar-refractivity contribution in [1.29, 1.82) is 0 Å². The molecule has 19 heavy (non-hydrogen) atoms. The van der Waals surface area contributed by atoms with Crippen LogP contribution in [0.15, 0.2) is 24.3 Å². The lowest BCUT2D eigenvalue weighted by atomic mass is 10.1. The van der Waals surface area contributed by atoms with Crippen LogP contribution >= 0.6 is 0 Å². The van der Waals surface area contributed by atoms with Crippen molar-refractivity contribution < 1.29 is 29.7 Å². The van der Waals surface area contributed by atoms with Gasteiger partial charge in [0.25, 0.3) is 0 Å². The monoisotopic (exact) mass is 271 g/mol. The molecule has 0 spiro atoms. The molecule has 0 atom stereocenters. The van der Waals surface area contributed by atoms with Crippen molar-refractivity contribution in [2.45, 2.75) is 14.4 Å². The summed E-state index contributed by atoms with van der Waals surface area (Å²) in [7, 11) is 0. The molecule has 0 aliphatic rings. The third-order valence-corrected chi connectivity index (χ3v) is 1.45. The number of carboxylic acid groups (broad SMARTS) is 1. The number of carbonyl (C=O) groups is 3. The molecule has 1 aromatic rings. The summed E-state index contributed by atoms with van der Waals surface area (Å²) in [4.78, 5) is 26.3. The SMILES string of the molecule is C.C=O.C=O.Cc1ccccc1C(=O)[O-].[O-]CC[O-]. The predicted molar refractivity (Wildman–Crippen MR) is 66.2 cm³/mol. The number of aromatic carboxylic acids is 1. The third-order valence-electron chi connectivity index (χ3n) is 1.45. The van der Waals surface area contributed by atoms with Gasteiger partial charge in [-0.25, -0.2) is 0 Å². The largest absolute Gasteiger partial charge is 0.855 e. The van der Waals surface area contributed by atoms with E-state index in [4.69, 9.17) is 19.8 Å². The summed E-state index contributed by atoms with van der Waals surface area (Å²) in [6.07, 6.45) is 0. The molecule has 0 heterocycles. The Morgan fingerprint density at radius 3 is 1.63 bits per heavy atom. The fourth-order valence-corrected chi connectivity index (χ4v) is 0.802. The minimum absolute atomic E-state index is 0. The lowest BCUT2D eigenvalue weighted by Gasteiger charge is -2.03. The van der Waals surface area contributed by atoms with Crippen LogP contribution in [0.3, 0.4) is 0 Å². The Bertz CT molecular complexity index is 310. The molecule has 0 aromatic heterocycles. The van der Waals surface area contributed by atoms with Crippen molar-refractivity contribution >= 4 is 19.5 Å². The van der Waals surface area contributed by atoms with Crippen LogP contribution in [0.4, 0.5) is 0 Å². The van der Waals surface area contributed by atoms with Gasteiger partial charge in [0.05, 0.1) is 5.97 Å². The Hall–Kier alpha value is -2.05. The molecule has 0 bridgehead atoms. The van der Waals surface area contributed by atoms with Gasteiger partial charge in [-0.05, 0) is 12.5 Å². The highest BCUT2D eigenvalue weighted by molar-refractivity contribution is 5.87. The van der Waals surface area contributed by atoms with Crippen LogP contribution in [-0.4, -0.2) is 32.8 Å². The van der Waals surface area contributed by atoms with Gasteiger partial charge in [-0.2, -0.15) is 13.2 Å². The molecule has 0 aliphatic carbocycles. The van der Waals surface area contributed by atoms with E-state index in [1.165, 1.54) is 6.07 Å². The van der Waals surface area contributed by atoms with E-state index >= 15 is 0 Å². The first kappa shape index (κ1) is 25.7. The van der Waals surface area contributed by atoms with Gasteiger partial charge in [-0.1, -0.05) is 31.7 Å². The Kier molecular flexibility index (Phi) is 28.8. The number of carbonyl (C=O) groups excluding carboxylic acids is 3. The van der Waals surface area contributed by atoms with Gasteiger partial charge < -0.3 is 29.7 Å². The third kappa shape index (κ3) is 15.9. The van der Waals surface area contributed by atoms with Gasteiger partial charge in [-0.3, -0.25) is 0 Å². The summed E-state index contributed by atoms with van der Waals surface area (Å²) in [5.41, 5.74) is 1.00. The first-order valence-electron chi connectivity index (χ1n) is 4.64. The second-order valence-electron chi connectivity index (χ2n) is 2.51. The summed E-state index contributed by atoms with van der Waals surface area (Å²) in [6.45, 7) is 4.77. The van der Waals surface area contributed by atoms with Crippen LogP contribution in [0.25, 0.3) is 0 Å². The van der Waals surface area contributed by atoms with Crippen molar-refractivity contribution in [3.05, 3.63) is 35.4 Å². The van der Waals surface area contributed by atoms with Crippen molar-refractivity contribution in [1.82, 2.24) is 0 Å². The topological polar surface area (TPSA) is 120 Å². The number of hydrogen-bond acceptors (Lipinski definition) is 6. The van der Waals surface area contributed by atoms with Gasteiger partial charge in [0.15, 0.2) is 0 Å². The highest BCUT2D eigenvalue weighted by Gasteiger charge is 1.94. The molecule has 0 aliphatic heterocycles. The highest BCUT2D eigenvalue weighted by Crippen LogP contribution is 2.04. The Balaban J connectivity index is -0.000000107. The van der Waals surface area contributed by atoms with E-state index in [1.807, 2.05) is 13.6 Å². The van der Waals surface area contributed by atoms with E-state index in [0.29, 0.717) is 0 Å². The summed E-state index contributed by atoms with van der Waals surface area (Å²) in [5.74, 6) is -1.11. The molecule has 110 valence electrons. The molecular weight excluding hydrogens is 252 g/mol. The molecule has 0 N–H and O–H groups in total. The Morgan fingerprint density at radius 2 is 1.42 bits per heavy atom. The molecule has 0 amide bonds. The zero-order chi connectivity index (χ0) is 15.0. The zero-order valence-electron chi connectivity index (χ0n) is 10.1. The Morgan fingerprint density at radius 1 is 1.05 bits per heavy atom. The number of hydrogen-bond donors (Lipinski definition) is 0. The van der Waals surface area contributed by atoms with Crippen molar-refractivity contribution in [2.24, 2.45) is 0 Å². The molecule has 0 unspecified atom stereocenters. The summed E-state index contributed by atoms with van der Waals surface area (Å²) in [6, 6.07) is 6.75. The van der Waals surface area contributed by atoms with E-state index in [9.17, 15) is 9.90 Å². The van der Waals surface area contributed by atoms with Crippen LogP contribution < -0.4 is 15.3 Å². The molecular formula is C13H19O6-3. The number of carboxylic acids is 1. The summed E-state index contributed by atoms with van der Waals surface area (Å²) >= 11 is 0. The molecule has 0 saturated heterocycles. The van der Waals surface area contributed by atoms with E-state index in [0.717, 1.165) is 5.56 Å². The van der Waals surface area contributed by atoms with Gasteiger partial charge in [0.1, 0.15) is 13.6 Å². The highest BCUT2D eigenvalue weighted by atomic mass is 16.4. The molecule has 0 radical (unpaired) electrons. The molecule has 6 heteroatoms.